The smallest absolute Gasteiger partial charge is 0.152 e. The minimum Gasteiger partial charge on any atom is -0.396 e. The zero-order valence-electron chi connectivity index (χ0n) is 10.2. The van der Waals surface area contributed by atoms with Gasteiger partial charge in [0.2, 0.25) is 0 Å². The number of nitrogens with two attached hydrogens (primary N) is 1. The SMILES string of the molecule is CCN(Cc1ccccn1)c1ncc(Br)cc1N. The van der Waals surface area contributed by atoms with Crippen LogP contribution in [0.2, 0.25) is 0 Å². The van der Waals surface area contributed by atoms with Gasteiger partial charge in [-0.25, -0.2) is 4.98 Å². The van der Waals surface area contributed by atoms with Crippen LogP contribution in [0.4, 0.5) is 11.5 Å². The lowest BCUT2D eigenvalue weighted by Crippen LogP contribution is -2.24. The second-order valence-electron chi connectivity index (χ2n) is 3.90. The summed E-state index contributed by atoms with van der Waals surface area (Å²) in [6.45, 7) is 3.61. The van der Waals surface area contributed by atoms with Gasteiger partial charge >= 0.3 is 0 Å². The molecule has 2 aromatic rings. The molecule has 4 nitrogen and oxygen atoms in total. The second-order valence-corrected chi connectivity index (χ2v) is 4.82. The van der Waals surface area contributed by atoms with E-state index in [0.29, 0.717) is 12.2 Å². The zero-order chi connectivity index (χ0) is 13.0. The molecule has 0 saturated carbocycles. The first-order valence-corrected chi connectivity index (χ1v) is 6.56. The van der Waals surface area contributed by atoms with Gasteiger partial charge in [0.25, 0.3) is 0 Å². The van der Waals surface area contributed by atoms with Crippen molar-refractivity contribution in [3.63, 3.8) is 0 Å². The molecule has 2 aromatic heterocycles. The van der Waals surface area contributed by atoms with Gasteiger partial charge in [0.1, 0.15) is 0 Å². The molecule has 0 atom stereocenters. The van der Waals surface area contributed by atoms with Crippen molar-refractivity contribution in [2.75, 3.05) is 17.2 Å². The van der Waals surface area contributed by atoms with E-state index in [0.717, 1.165) is 22.5 Å². The molecule has 94 valence electrons. The van der Waals surface area contributed by atoms with E-state index in [4.69, 9.17) is 5.73 Å². The number of halogens is 1. The van der Waals surface area contributed by atoms with Crippen LogP contribution in [0, 0.1) is 0 Å². The first-order chi connectivity index (χ1) is 8.70. The van der Waals surface area contributed by atoms with E-state index in [1.807, 2.05) is 24.3 Å². The molecule has 0 radical (unpaired) electrons. The fraction of sp³-hybridized carbons (Fsp3) is 0.231. The van der Waals surface area contributed by atoms with Crippen molar-refractivity contribution in [2.45, 2.75) is 13.5 Å². The first-order valence-electron chi connectivity index (χ1n) is 5.76. The molecule has 0 spiro atoms. The number of hydrogen-bond acceptors (Lipinski definition) is 4. The Kier molecular flexibility index (Phi) is 4.15. The van der Waals surface area contributed by atoms with Crippen LogP contribution in [-0.4, -0.2) is 16.5 Å². The van der Waals surface area contributed by atoms with Crippen LogP contribution in [0.1, 0.15) is 12.6 Å². The Morgan fingerprint density at radius 2 is 2.17 bits per heavy atom. The number of nitrogens with zero attached hydrogens (tertiary/aromatic N) is 3. The fourth-order valence-corrected chi connectivity index (χ4v) is 2.08. The van der Waals surface area contributed by atoms with Crippen molar-refractivity contribution < 1.29 is 0 Å². The summed E-state index contributed by atoms with van der Waals surface area (Å²) in [6.07, 6.45) is 3.55. The van der Waals surface area contributed by atoms with Crippen molar-refractivity contribution in [1.82, 2.24) is 9.97 Å². The van der Waals surface area contributed by atoms with Crippen molar-refractivity contribution in [3.05, 3.63) is 46.8 Å². The maximum absolute atomic E-state index is 6.00. The van der Waals surface area contributed by atoms with Gasteiger partial charge in [0.05, 0.1) is 17.9 Å². The maximum Gasteiger partial charge on any atom is 0.152 e. The third-order valence-electron chi connectivity index (χ3n) is 2.62. The second kappa shape index (κ2) is 5.82. The number of rotatable bonds is 4. The van der Waals surface area contributed by atoms with Gasteiger partial charge in [-0.1, -0.05) is 6.07 Å². The Bertz CT molecular complexity index is 516. The predicted octanol–water partition coefficient (Wildman–Crippen LogP) is 2.85. The Morgan fingerprint density at radius 3 is 2.78 bits per heavy atom. The third-order valence-corrected chi connectivity index (χ3v) is 3.06. The van der Waals surface area contributed by atoms with Gasteiger partial charge in [-0.05, 0) is 41.1 Å². The zero-order valence-corrected chi connectivity index (χ0v) is 11.8. The van der Waals surface area contributed by atoms with Crippen LogP contribution < -0.4 is 10.6 Å². The average molecular weight is 307 g/mol. The highest BCUT2D eigenvalue weighted by Gasteiger charge is 2.11. The van der Waals surface area contributed by atoms with E-state index in [2.05, 4.69) is 37.7 Å². The predicted molar refractivity (Wildman–Crippen MR) is 77.3 cm³/mol. The van der Waals surface area contributed by atoms with Crippen LogP contribution in [-0.2, 0) is 6.54 Å². The summed E-state index contributed by atoms with van der Waals surface area (Å²) in [5, 5.41) is 0. The molecule has 0 aliphatic rings. The number of hydrogen-bond donors (Lipinski definition) is 1. The Labute approximate surface area is 115 Å². The lowest BCUT2D eigenvalue weighted by atomic mass is 10.3. The van der Waals surface area contributed by atoms with Crippen LogP contribution in [0.5, 0.6) is 0 Å². The molecular formula is C13H15BrN4. The Morgan fingerprint density at radius 1 is 1.33 bits per heavy atom. The van der Waals surface area contributed by atoms with Gasteiger partial charge < -0.3 is 10.6 Å². The lowest BCUT2D eigenvalue weighted by molar-refractivity contribution is 0.795. The van der Waals surface area contributed by atoms with Gasteiger partial charge in [0, 0.05) is 23.4 Å². The molecule has 0 aliphatic heterocycles. The number of nitrogen functional groups attached to an aromatic ring is 1. The largest absolute Gasteiger partial charge is 0.396 e. The molecule has 18 heavy (non-hydrogen) atoms. The highest BCUT2D eigenvalue weighted by Crippen LogP contribution is 2.24. The molecule has 2 heterocycles. The van der Waals surface area contributed by atoms with Gasteiger partial charge in [0.15, 0.2) is 5.82 Å². The fourth-order valence-electron chi connectivity index (χ4n) is 1.74. The van der Waals surface area contributed by atoms with Crippen LogP contribution in [0.25, 0.3) is 0 Å². The lowest BCUT2D eigenvalue weighted by Gasteiger charge is -2.22. The Hall–Kier alpha value is -1.62. The van der Waals surface area contributed by atoms with E-state index in [1.54, 1.807) is 12.4 Å². The minimum absolute atomic E-state index is 0.669. The van der Waals surface area contributed by atoms with E-state index < -0.39 is 0 Å². The summed E-state index contributed by atoms with van der Waals surface area (Å²) in [5.74, 6) is 0.798. The number of aromatic nitrogens is 2. The molecule has 2 N–H and O–H groups in total. The first kappa shape index (κ1) is 12.8. The highest BCUT2D eigenvalue weighted by molar-refractivity contribution is 9.10. The molecule has 0 fully saturated rings. The van der Waals surface area contributed by atoms with Crippen LogP contribution in [0.3, 0.4) is 0 Å². The third kappa shape index (κ3) is 2.98. The molecule has 0 aliphatic carbocycles. The number of pyridine rings is 2. The molecule has 0 aromatic carbocycles. The molecule has 5 heteroatoms. The summed E-state index contributed by atoms with van der Waals surface area (Å²) >= 11 is 3.36. The summed E-state index contributed by atoms with van der Waals surface area (Å²) in [6, 6.07) is 7.75. The van der Waals surface area contributed by atoms with Crippen molar-refractivity contribution >= 4 is 27.4 Å². The van der Waals surface area contributed by atoms with Crippen molar-refractivity contribution in [2.24, 2.45) is 0 Å². The van der Waals surface area contributed by atoms with E-state index >= 15 is 0 Å². The van der Waals surface area contributed by atoms with Crippen molar-refractivity contribution in [1.29, 1.82) is 0 Å². The van der Waals surface area contributed by atoms with Gasteiger partial charge in [-0.3, -0.25) is 4.98 Å². The van der Waals surface area contributed by atoms with E-state index in [1.165, 1.54) is 0 Å². The summed E-state index contributed by atoms with van der Waals surface area (Å²) in [5.41, 5.74) is 7.67. The summed E-state index contributed by atoms with van der Waals surface area (Å²) in [4.78, 5) is 10.8. The van der Waals surface area contributed by atoms with Gasteiger partial charge in [-0.2, -0.15) is 0 Å². The molecule has 0 saturated heterocycles. The highest BCUT2D eigenvalue weighted by atomic mass is 79.9. The molecule has 0 unspecified atom stereocenters. The van der Waals surface area contributed by atoms with Crippen LogP contribution >= 0.6 is 15.9 Å². The van der Waals surface area contributed by atoms with E-state index in [9.17, 15) is 0 Å². The van der Waals surface area contributed by atoms with Crippen molar-refractivity contribution in [3.8, 4) is 0 Å². The quantitative estimate of drug-likeness (QED) is 0.943. The van der Waals surface area contributed by atoms with Gasteiger partial charge in [-0.15, -0.1) is 0 Å². The summed E-state index contributed by atoms with van der Waals surface area (Å²) in [7, 11) is 0. The monoisotopic (exact) mass is 306 g/mol. The topological polar surface area (TPSA) is 55.0 Å². The normalized spacial score (nSPS) is 10.3. The molecule has 0 bridgehead atoms. The van der Waals surface area contributed by atoms with Crippen LogP contribution in [0.15, 0.2) is 41.1 Å². The number of anilines is 2. The molecule has 2 rings (SSSR count). The Balaban J connectivity index is 2.23. The maximum atomic E-state index is 6.00. The molecular weight excluding hydrogens is 292 g/mol. The summed E-state index contributed by atoms with van der Waals surface area (Å²) < 4.78 is 0.887. The van der Waals surface area contributed by atoms with E-state index in [-0.39, 0.29) is 0 Å². The molecule has 0 amide bonds. The standard InChI is InChI=1S/C13H15BrN4/c1-2-18(9-11-5-3-4-6-16-11)13-12(15)7-10(14)8-17-13/h3-8H,2,9,15H2,1H3. The average Bonchev–Trinajstić information content (AvgIpc) is 2.38. The minimum atomic E-state index is 0.669.